The number of halogens is 1. The predicted molar refractivity (Wildman–Crippen MR) is 66.5 cm³/mol. The molecule has 1 aliphatic rings. The van der Waals surface area contributed by atoms with Crippen LogP contribution >= 0.6 is 11.6 Å². The van der Waals surface area contributed by atoms with E-state index < -0.39 is 0 Å². The lowest BCUT2D eigenvalue weighted by atomic mass is 9.89. The number of aryl methyl sites for hydroxylation is 1. The van der Waals surface area contributed by atoms with Gasteiger partial charge in [-0.25, -0.2) is 0 Å². The summed E-state index contributed by atoms with van der Waals surface area (Å²) in [6.45, 7) is 1.93. The number of alkyl halides is 1. The van der Waals surface area contributed by atoms with Crippen molar-refractivity contribution in [2.24, 2.45) is 13.0 Å². The van der Waals surface area contributed by atoms with Crippen LogP contribution in [0, 0.1) is 5.92 Å². The van der Waals surface area contributed by atoms with Gasteiger partial charge < -0.3 is 5.32 Å². The smallest absolute Gasteiger partial charge is 0.0762 e. The van der Waals surface area contributed by atoms with Crippen molar-refractivity contribution in [2.75, 3.05) is 6.54 Å². The normalized spacial score (nSPS) is 25.9. The minimum atomic E-state index is 0.399. The summed E-state index contributed by atoms with van der Waals surface area (Å²) in [6.07, 6.45) is 6.93. The molecule has 0 aromatic carbocycles. The van der Waals surface area contributed by atoms with Gasteiger partial charge >= 0.3 is 0 Å². The van der Waals surface area contributed by atoms with Crippen LogP contribution in [0.4, 0.5) is 0 Å². The van der Waals surface area contributed by atoms with Crippen molar-refractivity contribution in [3.63, 3.8) is 0 Å². The second-order valence-electron chi connectivity index (χ2n) is 4.74. The van der Waals surface area contributed by atoms with Crippen LogP contribution in [0.25, 0.3) is 0 Å². The highest BCUT2D eigenvalue weighted by molar-refractivity contribution is 6.20. The van der Waals surface area contributed by atoms with E-state index in [-0.39, 0.29) is 0 Å². The summed E-state index contributed by atoms with van der Waals surface area (Å²) in [4.78, 5) is 0. The molecule has 0 aliphatic heterocycles. The number of nitrogens with one attached hydrogen (secondary N) is 1. The molecular weight excluding hydrogens is 222 g/mol. The summed E-state index contributed by atoms with van der Waals surface area (Å²) in [7, 11) is 1.95. The largest absolute Gasteiger partial charge is 0.311 e. The molecule has 2 rings (SSSR count). The second-order valence-corrected chi connectivity index (χ2v) is 5.36. The molecule has 0 saturated heterocycles. The topological polar surface area (TPSA) is 29.9 Å². The molecule has 1 aromatic heterocycles. The molecule has 0 radical (unpaired) electrons. The van der Waals surface area contributed by atoms with Crippen LogP contribution in [-0.2, 0) is 13.6 Å². The van der Waals surface area contributed by atoms with Crippen LogP contribution < -0.4 is 5.32 Å². The van der Waals surface area contributed by atoms with Gasteiger partial charge in [0.25, 0.3) is 0 Å². The monoisotopic (exact) mass is 241 g/mol. The maximum atomic E-state index is 6.17. The molecule has 16 heavy (non-hydrogen) atoms. The van der Waals surface area contributed by atoms with Gasteiger partial charge in [-0.15, -0.1) is 11.6 Å². The average molecular weight is 242 g/mol. The second kappa shape index (κ2) is 5.69. The predicted octanol–water partition coefficient (Wildman–Crippen LogP) is 2.31. The summed E-state index contributed by atoms with van der Waals surface area (Å²) in [5, 5.41) is 8.21. The Labute approximate surface area is 102 Å². The molecule has 0 spiro atoms. The number of nitrogens with zero attached hydrogens (tertiary/aromatic N) is 2. The highest BCUT2D eigenvalue weighted by Crippen LogP contribution is 2.27. The van der Waals surface area contributed by atoms with Crippen LogP contribution in [0.15, 0.2) is 12.3 Å². The molecule has 3 nitrogen and oxygen atoms in total. The summed E-state index contributed by atoms with van der Waals surface area (Å²) >= 11 is 6.17. The first kappa shape index (κ1) is 11.9. The summed E-state index contributed by atoms with van der Waals surface area (Å²) in [6, 6.07) is 2.05. The lowest BCUT2D eigenvalue weighted by molar-refractivity contribution is 0.345. The van der Waals surface area contributed by atoms with Crippen molar-refractivity contribution in [2.45, 2.75) is 37.6 Å². The Bertz CT molecular complexity index is 324. The molecule has 4 heteroatoms. The van der Waals surface area contributed by atoms with Crippen LogP contribution in [0.3, 0.4) is 0 Å². The molecule has 90 valence electrons. The highest BCUT2D eigenvalue weighted by Gasteiger charge is 2.19. The van der Waals surface area contributed by atoms with Crippen molar-refractivity contribution in [1.29, 1.82) is 0 Å². The van der Waals surface area contributed by atoms with Gasteiger partial charge in [-0.2, -0.15) is 5.10 Å². The fourth-order valence-electron chi connectivity index (χ4n) is 2.37. The molecule has 2 atom stereocenters. The van der Waals surface area contributed by atoms with Gasteiger partial charge in [0.2, 0.25) is 0 Å². The molecule has 2 unspecified atom stereocenters. The van der Waals surface area contributed by atoms with Crippen LogP contribution in [0.2, 0.25) is 0 Å². The summed E-state index contributed by atoms with van der Waals surface area (Å²) in [5.74, 6) is 0.750. The van der Waals surface area contributed by atoms with Crippen molar-refractivity contribution in [3.05, 3.63) is 18.0 Å². The molecule has 0 amide bonds. The van der Waals surface area contributed by atoms with Gasteiger partial charge in [0.15, 0.2) is 0 Å². The molecule has 1 saturated carbocycles. The van der Waals surface area contributed by atoms with Gasteiger partial charge in [0.1, 0.15) is 0 Å². The van der Waals surface area contributed by atoms with Crippen LogP contribution in [-0.4, -0.2) is 21.7 Å². The fraction of sp³-hybridized carbons (Fsp3) is 0.750. The third kappa shape index (κ3) is 3.49. The van der Waals surface area contributed by atoms with E-state index in [1.54, 1.807) is 0 Å². The summed E-state index contributed by atoms with van der Waals surface area (Å²) in [5.41, 5.74) is 1.11. The Morgan fingerprint density at radius 3 is 3.12 bits per heavy atom. The lowest BCUT2D eigenvalue weighted by Gasteiger charge is -2.25. The van der Waals surface area contributed by atoms with Crippen molar-refractivity contribution in [1.82, 2.24) is 15.1 Å². The Hall–Kier alpha value is -0.540. The highest BCUT2D eigenvalue weighted by atomic mass is 35.5. The number of hydrogen-bond donors (Lipinski definition) is 1. The molecule has 0 bridgehead atoms. The van der Waals surface area contributed by atoms with Crippen molar-refractivity contribution < 1.29 is 0 Å². The molecule has 1 aliphatic carbocycles. The van der Waals surface area contributed by atoms with E-state index in [2.05, 4.69) is 16.5 Å². The first-order chi connectivity index (χ1) is 7.74. The quantitative estimate of drug-likeness (QED) is 0.820. The Morgan fingerprint density at radius 2 is 2.44 bits per heavy atom. The first-order valence-electron chi connectivity index (χ1n) is 6.07. The number of aromatic nitrogens is 2. The Balaban J connectivity index is 1.67. The van der Waals surface area contributed by atoms with Crippen molar-refractivity contribution in [3.8, 4) is 0 Å². The van der Waals surface area contributed by atoms with Gasteiger partial charge in [0, 0.05) is 25.2 Å². The van der Waals surface area contributed by atoms with Gasteiger partial charge in [-0.1, -0.05) is 6.42 Å². The van der Waals surface area contributed by atoms with E-state index in [4.69, 9.17) is 11.6 Å². The number of hydrogen-bond acceptors (Lipinski definition) is 2. The molecule has 1 fully saturated rings. The minimum absolute atomic E-state index is 0.399. The van der Waals surface area contributed by atoms with E-state index in [0.717, 1.165) is 31.1 Å². The molecule has 1 aromatic rings. The molecule has 1 heterocycles. The zero-order chi connectivity index (χ0) is 11.4. The minimum Gasteiger partial charge on any atom is -0.311 e. The van der Waals surface area contributed by atoms with Gasteiger partial charge in [-0.3, -0.25) is 4.68 Å². The maximum Gasteiger partial charge on any atom is 0.0762 e. The van der Waals surface area contributed by atoms with Gasteiger partial charge in [-0.05, 0) is 37.8 Å². The lowest BCUT2D eigenvalue weighted by Crippen LogP contribution is -2.27. The standard InChI is InChI=1S/C12H20ClN3/c1-16-6-5-12(15-16)9-14-8-10-3-2-4-11(13)7-10/h5-6,10-11,14H,2-4,7-9H2,1H3. The van der Waals surface area contributed by atoms with Gasteiger partial charge in [0.05, 0.1) is 5.69 Å². The first-order valence-corrected chi connectivity index (χ1v) is 6.51. The van der Waals surface area contributed by atoms with Crippen LogP contribution in [0.1, 0.15) is 31.4 Å². The summed E-state index contributed by atoms with van der Waals surface area (Å²) < 4.78 is 1.84. The Kier molecular flexibility index (Phi) is 4.24. The molecular formula is C12H20ClN3. The van der Waals surface area contributed by atoms with Crippen LogP contribution in [0.5, 0.6) is 0 Å². The Morgan fingerprint density at radius 1 is 1.56 bits per heavy atom. The zero-order valence-electron chi connectivity index (χ0n) is 9.82. The fourth-order valence-corrected chi connectivity index (χ4v) is 2.78. The van der Waals surface area contributed by atoms with E-state index in [1.807, 2.05) is 17.9 Å². The van der Waals surface area contributed by atoms with E-state index in [9.17, 15) is 0 Å². The third-order valence-corrected chi connectivity index (χ3v) is 3.62. The van der Waals surface area contributed by atoms with E-state index in [1.165, 1.54) is 19.3 Å². The van der Waals surface area contributed by atoms with E-state index >= 15 is 0 Å². The average Bonchev–Trinajstić information content (AvgIpc) is 2.64. The number of rotatable bonds is 4. The van der Waals surface area contributed by atoms with Crippen molar-refractivity contribution >= 4 is 11.6 Å². The molecule has 1 N–H and O–H groups in total. The van der Waals surface area contributed by atoms with E-state index in [0.29, 0.717) is 5.38 Å². The third-order valence-electron chi connectivity index (χ3n) is 3.23. The maximum absolute atomic E-state index is 6.17. The zero-order valence-corrected chi connectivity index (χ0v) is 10.6. The SMILES string of the molecule is Cn1ccc(CNCC2CCCC(Cl)C2)n1.